The molecule has 36 heavy (non-hydrogen) atoms. The molecule has 0 saturated heterocycles. The van der Waals surface area contributed by atoms with E-state index in [4.69, 9.17) is 4.74 Å². The maximum Gasteiger partial charge on any atom is 0.339 e. The minimum Gasteiger partial charge on any atom is -0.446 e. The fourth-order valence-corrected chi connectivity index (χ4v) is 9.14. The summed E-state index contributed by atoms with van der Waals surface area (Å²) in [6.07, 6.45) is 1.28. The zero-order chi connectivity index (χ0) is 26.1. The smallest absolute Gasteiger partial charge is 0.339 e. The summed E-state index contributed by atoms with van der Waals surface area (Å²) >= 11 is 0. The molecule has 0 spiro atoms. The number of aliphatic hydroxyl groups excluding tert-OH is 2. The predicted molar refractivity (Wildman–Crippen MR) is 130 cm³/mol. The lowest BCUT2D eigenvalue weighted by molar-refractivity contribution is -0.254. The van der Waals surface area contributed by atoms with Crippen LogP contribution in [0.25, 0.3) is 0 Å². The van der Waals surface area contributed by atoms with Crippen molar-refractivity contribution in [2.75, 3.05) is 6.61 Å². The third kappa shape index (κ3) is 3.11. The second-order valence-corrected chi connectivity index (χ2v) is 12.3. The molecule has 9 atom stereocenters. The largest absolute Gasteiger partial charge is 0.446 e. The highest BCUT2D eigenvalue weighted by Crippen LogP contribution is 2.72. The first-order chi connectivity index (χ1) is 17.0. The number of rotatable bonds is 4. The maximum absolute atomic E-state index is 17.5. The van der Waals surface area contributed by atoms with Gasteiger partial charge in [-0.25, -0.2) is 9.18 Å². The van der Waals surface area contributed by atoms with Crippen molar-refractivity contribution in [3.63, 3.8) is 0 Å². The van der Waals surface area contributed by atoms with Gasteiger partial charge in [-0.1, -0.05) is 39.0 Å². The Bertz CT molecular complexity index is 1070. The molecule has 2 N–H and O–H groups in total. The first-order valence-electron chi connectivity index (χ1n) is 13.3. The van der Waals surface area contributed by atoms with Crippen molar-refractivity contribution < 1.29 is 33.7 Å². The number of ketones is 2. The lowest BCUT2D eigenvalue weighted by Crippen LogP contribution is -2.71. The van der Waals surface area contributed by atoms with E-state index in [1.165, 1.54) is 0 Å². The maximum atomic E-state index is 17.5. The molecule has 196 valence electrons. The zero-order valence-electron chi connectivity index (χ0n) is 21.3. The minimum atomic E-state index is -1.90. The Morgan fingerprint density at radius 2 is 1.81 bits per heavy atom. The Balaban J connectivity index is 1.58. The number of carbonyl (C=O) groups excluding carboxylic acids is 3. The van der Waals surface area contributed by atoms with Crippen molar-refractivity contribution in [2.45, 2.75) is 83.1 Å². The van der Waals surface area contributed by atoms with E-state index in [9.17, 15) is 24.6 Å². The van der Waals surface area contributed by atoms with Gasteiger partial charge in [0.1, 0.15) is 18.1 Å². The van der Waals surface area contributed by atoms with Crippen LogP contribution in [-0.2, 0) is 14.3 Å². The highest BCUT2D eigenvalue weighted by Gasteiger charge is 2.77. The van der Waals surface area contributed by atoms with E-state index >= 15 is 4.39 Å². The summed E-state index contributed by atoms with van der Waals surface area (Å²) in [5, 5.41) is 21.6. The number of hydrogen-bond acceptors (Lipinski definition) is 6. The van der Waals surface area contributed by atoms with E-state index in [0.29, 0.717) is 38.5 Å². The molecule has 0 amide bonds. The summed E-state index contributed by atoms with van der Waals surface area (Å²) in [5.74, 6) is -2.55. The summed E-state index contributed by atoms with van der Waals surface area (Å²) in [4.78, 5) is 39.0. The van der Waals surface area contributed by atoms with E-state index in [1.54, 1.807) is 30.3 Å². The SMILES string of the molecule is C[C@H]1C[C@H]2[C@@H]3CC[C@H]4CC(=O)CC[C@]4(C)[C@@]3(F)[C@@H](O)C[C@]2(C)[C@]1(OC(=O)c1ccccc1)C(=O)CO. The summed E-state index contributed by atoms with van der Waals surface area (Å²) in [5.41, 5.74) is -5.17. The number of alkyl halides is 1. The van der Waals surface area contributed by atoms with E-state index in [2.05, 4.69) is 0 Å². The summed E-state index contributed by atoms with van der Waals surface area (Å²) in [7, 11) is 0. The Kier molecular flexibility index (Phi) is 5.99. The van der Waals surface area contributed by atoms with Crippen molar-refractivity contribution in [1.82, 2.24) is 0 Å². The molecule has 4 fully saturated rings. The third-order valence-electron chi connectivity index (χ3n) is 10.9. The fraction of sp³-hybridized carbons (Fsp3) is 0.690. The Morgan fingerprint density at radius 3 is 2.47 bits per heavy atom. The molecule has 1 aromatic carbocycles. The second-order valence-electron chi connectivity index (χ2n) is 12.3. The number of ether oxygens (including phenoxy) is 1. The van der Waals surface area contributed by atoms with Crippen LogP contribution in [0, 0.1) is 34.5 Å². The first kappa shape index (κ1) is 25.5. The van der Waals surface area contributed by atoms with Gasteiger partial charge in [-0.05, 0) is 62.0 Å². The predicted octanol–water partition coefficient (Wildman–Crippen LogP) is 4.06. The number of aliphatic hydroxyl groups is 2. The van der Waals surface area contributed by atoms with Gasteiger partial charge in [0, 0.05) is 29.6 Å². The highest BCUT2D eigenvalue weighted by molar-refractivity contribution is 5.96. The van der Waals surface area contributed by atoms with Crippen LogP contribution in [0.3, 0.4) is 0 Å². The summed E-state index contributed by atoms with van der Waals surface area (Å²) in [6.45, 7) is 4.74. The third-order valence-corrected chi connectivity index (χ3v) is 10.9. The van der Waals surface area contributed by atoms with Crippen molar-refractivity contribution >= 4 is 17.5 Å². The molecule has 4 aliphatic carbocycles. The fourth-order valence-electron chi connectivity index (χ4n) is 9.14. The van der Waals surface area contributed by atoms with Crippen LogP contribution < -0.4 is 0 Å². The monoisotopic (exact) mass is 500 g/mol. The molecule has 5 rings (SSSR count). The quantitative estimate of drug-likeness (QED) is 0.605. The molecule has 0 radical (unpaired) electrons. The van der Waals surface area contributed by atoms with Gasteiger partial charge in [-0.2, -0.15) is 0 Å². The molecule has 0 unspecified atom stereocenters. The van der Waals surface area contributed by atoms with Crippen molar-refractivity contribution in [1.29, 1.82) is 0 Å². The standard InChI is InChI=1S/C29H37FO6/c1-17-13-22-21-10-9-19-14-20(32)11-12-26(19,2)28(21,30)23(33)15-27(22,3)29(17,24(34)16-31)36-25(35)18-7-5-4-6-8-18/h4-8,17,19,21-23,31,33H,9-16H2,1-3H3/t17-,19-,21-,22-,23-,26-,27-,28-,29+/m0/s1. The van der Waals surface area contributed by atoms with Crippen LogP contribution in [0.1, 0.15) is 76.1 Å². The Hall–Kier alpha value is -2.12. The van der Waals surface area contributed by atoms with Gasteiger partial charge >= 0.3 is 5.97 Å². The van der Waals surface area contributed by atoms with Gasteiger partial charge in [0.2, 0.25) is 5.78 Å². The summed E-state index contributed by atoms with van der Waals surface area (Å²) in [6, 6.07) is 8.39. The number of esters is 1. The normalized spacial score (nSPS) is 45.8. The van der Waals surface area contributed by atoms with Gasteiger partial charge < -0.3 is 14.9 Å². The summed E-state index contributed by atoms with van der Waals surface area (Å²) < 4.78 is 23.6. The molecule has 0 aromatic heterocycles. The number of carbonyl (C=O) groups is 3. The van der Waals surface area contributed by atoms with Crippen LogP contribution in [0.4, 0.5) is 4.39 Å². The molecule has 6 nitrogen and oxygen atoms in total. The molecular formula is C29H37FO6. The zero-order valence-corrected chi connectivity index (χ0v) is 21.3. The average molecular weight is 501 g/mol. The van der Waals surface area contributed by atoms with Gasteiger partial charge in [0.15, 0.2) is 5.60 Å². The topological polar surface area (TPSA) is 101 Å². The molecule has 7 heteroatoms. The number of halogens is 1. The molecule has 0 bridgehead atoms. The lowest BCUT2D eigenvalue weighted by Gasteiger charge is -2.65. The van der Waals surface area contributed by atoms with Crippen LogP contribution in [0.2, 0.25) is 0 Å². The molecular weight excluding hydrogens is 463 g/mol. The van der Waals surface area contributed by atoms with Crippen molar-refractivity contribution in [3.05, 3.63) is 35.9 Å². The van der Waals surface area contributed by atoms with Gasteiger partial charge in [-0.15, -0.1) is 0 Å². The van der Waals surface area contributed by atoms with Crippen molar-refractivity contribution in [3.8, 4) is 0 Å². The van der Waals surface area contributed by atoms with Crippen LogP contribution in [-0.4, -0.2) is 51.7 Å². The van der Waals surface area contributed by atoms with E-state index < -0.39 is 58.4 Å². The van der Waals surface area contributed by atoms with Crippen molar-refractivity contribution in [2.24, 2.45) is 34.5 Å². The van der Waals surface area contributed by atoms with Crippen LogP contribution >= 0.6 is 0 Å². The first-order valence-corrected chi connectivity index (χ1v) is 13.3. The molecule has 0 aliphatic heterocycles. The molecule has 1 aromatic rings. The van der Waals surface area contributed by atoms with E-state index in [1.807, 2.05) is 20.8 Å². The number of benzene rings is 1. The number of Topliss-reactive ketones (excluding diaryl/α,β-unsaturated/α-hetero) is 2. The molecule has 0 heterocycles. The Labute approximate surface area is 211 Å². The van der Waals surface area contributed by atoms with E-state index in [0.717, 1.165) is 0 Å². The number of hydrogen-bond donors (Lipinski definition) is 2. The lowest BCUT2D eigenvalue weighted by atomic mass is 9.42. The molecule has 4 saturated carbocycles. The van der Waals surface area contributed by atoms with E-state index in [-0.39, 0.29) is 29.6 Å². The van der Waals surface area contributed by atoms with Crippen LogP contribution in [0.5, 0.6) is 0 Å². The number of fused-ring (bicyclic) bond motifs is 5. The van der Waals surface area contributed by atoms with Gasteiger partial charge in [-0.3, -0.25) is 9.59 Å². The average Bonchev–Trinajstić information content (AvgIpc) is 3.07. The molecule has 4 aliphatic rings. The van der Waals surface area contributed by atoms with Crippen LogP contribution in [0.15, 0.2) is 30.3 Å². The van der Waals surface area contributed by atoms with Gasteiger partial charge in [0.25, 0.3) is 0 Å². The van der Waals surface area contributed by atoms with Gasteiger partial charge in [0.05, 0.1) is 11.7 Å². The highest BCUT2D eigenvalue weighted by atomic mass is 19.1. The minimum absolute atomic E-state index is 0.0565. The Morgan fingerprint density at radius 1 is 1.11 bits per heavy atom. The second kappa shape index (κ2) is 8.45.